The van der Waals surface area contributed by atoms with Gasteiger partial charge in [-0.3, -0.25) is 10.1 Å². The van der Waals surface area contributed by atoms with Crippen molar-refractivity contribution in [1.82, 2.24) is 5.32 Å². The highest BCUT2D eigenvalue weighted by Crippen LogP contribution is 2.26. The maximum atomic E-state index is 11.9. The van der Waals surface area contributed by atoms with E-state index in [-0.39, 0.29) is 5.97 Å². The molecule has 19 heavy (non-hydrogen) atoms. The molecular weight excluding hydrogens is 258 g/mol. The first-order valence-electron chi connectivity index (χ1n) is 7.49. The lowest BCUT2D eigenvalue weighted by Gasteiger charge is -2.28. The fourth-order valence-electron chi connectivity index (χ4n) is 2.12. The van der Waals surface area contributed by atoms with Gasteiger partial charge in [0.2, 0.25) is 0 Å². The number of unbranched alkanes of at least 4 members (excludes halogenated alkanes) is 1. The second-order valence-corrected chi connectivity index (χ2v) is 7.34. The van der Waals surface area contributed by atoms with Crippen LogP contribution < -0.4 is 5.32 Å². The molecule has 0 amide bonds. The van der Waals surface area contributed by atoms with Gasteiger partial charge in [-0.25, -0.2) is 0 Å². The van der Waals surface area contributed by atoms with Gasteiger partial charge in [0.1, 0.15) is 5.54 Å². The summed E-state index contributed by atoms with van der Waals surface area (Å²) in [5.41, 5.74) is -0.489. The average molecular weight is 287 g/mol. The third kappa shape index (κ3) is 6.17. The molecule has 1 fully saturated rings. The van der Waals surface area contributed by atoms with E-state index in [9.17, 15) is 4.79 Å². The minimum Gasteiger partial charge on any atom is -0.468 e. The van der Waals surface area contributed by atoms with Crippen molar-refractivity contribution in [2.75, 3.05) is 12.9 Å². The number of rotatable bonds is 10. The normalized spacial score (nSPS) is 19.8. The van der Waals surface area contributed by atoms with Crippen LogP contribution in [0.5, 0.6) is 0 Å². The van der Waals surface area contributed by atoms with Crippen molar-refractivity contribution < 1.29 is 9.53 Å². The summed E-state index contributed by atoms with van der Waals surface area (Å²) >= 11 is 2.03. The fraction of sp³-hybridized carbons (Fsp3) is 0.933. The number of esters is 1. The summed E-state index contributed by atoms with van der Waals surface area (Å²) < 4.78 is 4.95. The molecule has 2 atom stereocenters. The highest BCUT2D eigenvalue weighted by molar-refractivity contribution is 7.99. The molecule has 1 N–H and O–H groups in total. The van der Waals surface area contributed by atoms with Crippen LogP contribution in [0.4, 0.5) is 0 Å². The third-order valence-corrected chi connectivity index (χ3v) is 5.21. The summed E-state index contributed by atoms with van der Waals surface area (Å²) in [5.74, 6) is 1.07. The molecule has 0 aliphatic heterocycles. The van der Waals surface area contributed by atoms with Gasteiger partial charge in [-0.2, -0.15) is 11.8 Å². The molecule has 112 valence electrons. The molecule has 2 unspecified atom stereocenters. The van der Waals surface area contributed by atoms with Crippen LogP contribution in [0, 0.1) is 0 Å². The van der Waals surface area contributed by atoms with Gasteiger partial charge in [-0.15, -0.1) is 0 Å². The molecule has 0 saturated heterocycles. The highest BCUT2D eigenvalue weighted by atomic mass is 32.2. The van der Waals surface area contributed by atoms with Crippen LogP contribution in [-0.2, 0) is 9.53 Å². The van der Waals surface area contributed by atoms with Crippen molar-refractivity contribution in [1.29, 1.82) is 0 Å². The van der Waals surface area contributed by atoms with E-state index in [0.717, 1.165) is 18.1 Å². The van der Waals surface area contributed by atoms with Gasteiger partial charge in [-0.05, 0) is 44.8 Å². The van der Waals surface area contributed by atoms with Crippen LogP contribution in [0.2, 0.25) is 0 Å². The van der Waals surface area contributed by atoms with E-state index in [4.69, 9.17) is 4.74 Å². The van der Waals surface area contributed by atoms with Crippen LogP contribution in [0.25, 0.3) is 0 Å². The van der Waals surface area contributed by atoms with E-state index in [1.165, 1.54) is 38.5 Å². The lowest BCUT2D eigenvalue weighted by molar-refractivity contribution is -0.148. The van der Waals surface area contributed by atoms with Gasteiger partial charge in [0.05, 0.1) is 7.11 Å². The number of carbonyl (C=O) groups excluding carboxylic acids is 1. The molecule has 0 spiro atoms. The Morgan fingerprint density at radius 2 is 2.16 bits per heavy atom. The Balaban J connectivity index is 2.26. The number of hydrogen-bond acceptors (Lipinski definition) is 4. The smallest absolute Gasteiger partial charge is 0.325 e. The predicted molar refractivity (Wildman–Crippen MR) is 82.6 cm³/mol. The lowest BCUT2D eigenvalue weighted by atomic mass is 9.95. The Morgan fingerprint density at radius 1 is 1.47 bits per heavy atom. The maximum absolute atomic E-state index is 11.9. The number of carbonyl (C=O) groups is 1. The highest BCUT2D eigenvalue weighted by Gasteiger charge is 2.38. The Hall–Kier alpha value is -0.220. The lowest BCUT2D eigenvalue weighted by Crippen LogP contribution is -2.51. The first-order chi connectivity index (χ1) is 9.01. The Kier molecular flexibility index (Phi) is 7.22. The molecule has 0 heterocycles. The quantitative estimate of drug-likeness (QED) is 0.494. The van der Waals surface area contributed by atoms with Crippen LogP contribution in [0.1, 0.15) is 59.3 Å². The van der Waals surface area contributed by atoms with Crippen LogP contribution in [0.3, 0.4) is 0 Å². The number of thioether (sulfide) groups is 1. The van der Waals surface area contributed by atoms with Crippen LogP contribution in [0.15, 0.2) is 0 Å². The molecule has 1 aliphatic carbocycles. The topological polar surface area (TPSA) is 38.3 Å². The molecule has 0 aromatic heterocycles. The summed E-state index contributed by atoms with van der Waals surface area (Å²) in [6, 6.07) is 0.526. The molecule has 0 aromatic carbocycles. The van der Waals surface area contributed by atoms with Gasteiger partial charge in [0, 0.05) is 11.3 Å². The van der Waals surface area contributed by atoms with Gasteiger partial charge in [0.25, 0.3) is 0 Å². The second kappa shape index (κ2) is 8.15. The zero-order chi connectivity index (χ0) is 14.3. The van der Waals surface area contributed by atoms with Crippen molar-refractivity contribution in [3.8, 4) is 0 Å². The summed E-state index contributed by atoms with van der Waals surface area (Å²) in [5, 5.41) is 4.19. The fourth-order valence-corrected chi connectivity index (χ4v) is 3.13. The number of ether oxygens (including phenoxy) is 1. The zero-order valence-electron chi connectivity index (χ0n) is 12.8. The molecule has 1 rings (SSSR count). The summed E-state index contributed by atoms with van der Waals surface area (Å²) in [6.07, 6.45) is 6.74. The Labute approximate surface area is 122 Å². The molecule has 1 saturated carbocycles. The van der Waals surface area contributed by atoms with E-state index in [0.29, 0.717) is 6.04 Å². The summed E-state index contributed by atoms with van der Waals surface area (Å²) in [4.78, 5) is 11.9. The molecule has 0 radical (unpaired) electrons. The van der Waals surface area contributed by atoms with Crippen LogP contribution in [-0.4, -0.2) is 35.7 Å². The van der Waals surface area contributed by atoms with Crippen molar-refractivity contribution in [3.63, 3.8) is 0 Å². The molecule has 0 bridgehead atoms. The van der Waals surface area contributed by atoms with Crippen molar-refractivity contribution in [2.24, 2.45) is 0 Å². The van der Waals surface area contributed by atoms with E-state index >= 15 is 0 Å². The molecule has 1 aliphatic rings. The van der Waals surface area contributed by atoms with Gasteiger partial charge < -0.3 is 4.74 Å². The second-order valence-electron chi connectivity index (χ2n) is 5.79. The van der Waals surface area contributed by atoms with Crippen molar-refractivity contribution in [3.05, 3.63) is 0 Å². The van der Waals surface area contributed by atoms with Gasteiger partial charge >= 0.3 is 5.97 Å². The SMILES string of the molecule is CCC(C)SCCCCC(C)(NC1CC1)C(=O)OC. The largest absolute Gasteiger partial charge is 0.468 e. The van der Waals surface area contributed by atoms with E-state index < -0.39 is 5.54 Å². The monoisotopic (exact) mass is 287 g/mol. The standard InChI is InChI=1S/C15H29NO2S/c1-5-12(2)19-11-7-6-10-15(3,14(17)18-4)16-13-8-9-13/h12-13,16H,5-11H2,1-4H3. The zero-order valence-corrected chi connectivity index (χ0v) is 13.6. The Morgan fingerprint density at radius 3 is 2.68 bits per heavy atom. The first kappa shape index (κ1) is 16.8. The van der Waals surface area contributed by atoms with Crippen molar-refractivity contribution >= 4 is 17.7 Å². The van der Waals surface area contributed by atoms with Gasteiger partial charge in [-0.1, -0.05) is 20.3 Å². The summed E-state index contributed by atoms with van der Waals surface area (Å²) in [6.45, 7) is 6.49. The maximum Gasteiger partial charge on any atom is 0.325 e. The number of hydrogen-bond donors (Lipinski definition) is 1. The molecule has 4 heteroatoms. The third-order valence-electron chi connectivity index (χ3n) is 3.78. The van der Waals surface area contributed by atoms with Crippen LogP contribution >= 0.6 is 11.8 Å². The molecule has 0 aromatic rings. The summed E-state index contributed by atoms with van der Waals surface area (Å²) in [7, 11) is 1.48. The Bertz CT molecular complexity index is 281. The van der Waals surface area contributed by atoms with E-state index in [2.05, 4.69) is 19.2 Å². The van der Waals surface area contributed by atoms with E-state index in [1.54, 1.807) is 0 Å². The average Bonchev–Trinajstić information content (AvgIpc) is 3.20. The van der Waals surface area contributed by atoms with E-state index in [1.807, 2.05) is 18.7 Å². The molecule has 3 nitrogen and oxygen atoms in total. The minimum atomic E-state index is -0.489. The predicted octanol–water partition coefficient (Wildman–Crippen LogP) is 3.37. The van der Waals surface area contributed by atoms with Gasteiger partial charge in [0.15, 0.2) is 0 Å². The number of nitrogens with one attached hydrogen (secondary N) is 1. The molecular formula is C15H29NO2S. The number of methoxy groups -OCH3 is 1. The first-order valence-corrected chi connectivity index (χ1v) is 8.54. The van der Waals surface area contributed by atoms with Crippen molar-refractivity contribution in [2.45, 2.75) is 76.1 Å². The minimum absolute atomic E-state index is 0.117.